The molecule has 0 bridgehead atoms. The zero-order chi connectivity index (χ0) is 25.6. The number of hydrogen-bond acceptors (Lipinski definition) is 7. The number of rotatable bonds is 15. The van der Waals surface area contributed by atoms with Crippen LogP contribution >= 0.6 is 0 Å². The highest BCUT2D eigenvalue weighted by atomic mass is 16.5. The molecule has 36 heavy (non-hydrogen) atoms. The Balaban J connectivity index is 0.00000648. The normalized spacial score (nSPS) is 14.3. The maximum absolute atomic E-state index is 12.9. The van der Waals surface area contributed by atoms with Gasteiger partial charge in [0.05, 0.1) is 19.2 Å². The number of carbonyl (C=O) groups excluding carboxylic acids is 4. The van der Waals surface area contributed by atoms with E-state index in [1.165, 1.54) is 30.4 Å². The van der Waals surface area contributed by atoms with E-state index in [1.54, 1.807) is 31.3 Å². The summed E-state index contributed by atoms with van der Waals surface area (Å²) in [6.07, 6.45) is 8.54. The van der Waals surface area contributed by atoms with Gasteiger partial charge in [-0.2, -0.15) is 0 Å². The summed E-state index contributed by atoms with van der Waals surface area (Å²) in [5.41, 5.74) is -0.0997. The molecular weight excluding hydrogens is 462 g/mol. The first-order valence-electron chi connectivity index (χ1n) is 12.4. The number of esters is 1. The van der Waals surface area contributed by atoms with E-state index in [2.05, 4.69) is 10.2 Å². The van der Waals surface area contributed by atoms with E-state index in [4.69, 9.17) is 4.74 Å². The minimum atomic E-state index is -0.792. The number of Topliss-reactive ketones (excluding diaryl/α,β-unsaturated/α-hetero) is 2. The molecule has 1 fully saturated rings. The highest BCUT2D eigenvalue weighted by molar-refractivity contribution is 5.90. The largest absolute Gasteiger partial charge is 0.463 e. The molecule has 9 nitrogen and oxygen atoms in total. The molecule has 1 aliphatic rings. The van der Waals surface area contributed by atoms with E-state index in [0.717, 1.165) is 26.1 Å². The number of pyridine rings is 1. The molecule has 1 aliphatic heterocycles. The zero-order valence-electron chi connectivity index (χ0n) is 20.8. The average molecular weight is 504 g/mol. The van der Waals surface area contributed by atoms with Gasteiger partial charge in [0.1, 0.15) is 0 Å². The van der Waals surface area contributed by atoms with Crippen molar-refractivity contribution in [3.8, 4) is 0 Å². The van der Waals surface area contributed by atoms with Crippen molar-refractivity contribution in [1.82, 2.24) is 14.8 Å². The van der Waals surface area contributed by atoms with Crippen LogP contribution < -0.4 is 10.9 Å². The second-order valence-corrected chi connectivity index (χ2v) is 8.79. The van der Waals surface area contributed by atoms with E-state index in [9.17, 15) is 24.0 Å². The van der Waals surface area contributed by atoms with Crippen molar-refractivity contribution in [2.75, 3.05) is 26.2 Å². The summed E-state index contributed by atoms with van der Waals surface area (Å²) in [6, 6.07) is 2.43. The molecule has 1 atom stereocenters. The summed E-state index contributed by atoms with van der Waals surface area (Å²) in [4.78, 5) is 63.5. The van der Waals surface area contributed by atoms with Gasteiger partial charge in [-0.05, 0) is 64.7 Å². The number of allylic oxidation sites excluding steroid dienone is 1. The van der Waals surface area contributed by atoms with Gasteiger partial charge >= 0.3 is 5.97 Å². The summed E-state index contributed by atoms with van der Waals surface area (Å²) in [7, 11) is 0. The van der Waals surface area contributed by atoms with Gasteiger partial charge in [0.2, 0.25) is 5.91 Å². The third-order valence-corrected chi connectivity index (χ3v) is 5.87. The Morgan fingerprint density at radius 1 is 1.19 bits per heavy atom. The van der Waals surface area contributed by atoms with E-state index in [-0.39, 0.29) is 62.0 Å². The van der Waals surface area contributed by atoms with Crippen LogP contribution in [0.4, 0.5) is 0 Å². The summed E-state index contributed by atoms with van der Waals surface area (Å²) < 4.78 is 6.15. The smallest absolute Gasteiger partial charge is 0.330 e. The molecule has 1 aromatic rings. The van der Waals surface area contributed by atoms with Gasteiger partial charge in [-0.15, -0.1) is 0 Å². The number of ketones is 2. The van der Waals surface area contributed by atoms with E-state index < -0.39 is 12.0 Å². The average Bonchev–Trinajstić information content (AvgIpc) is 3.32. The monoisotopic (exact) mass is 503 g/mol. The molecule has 2 rings (SSSR count). The standard InChI is InChI=1S/C26H37N3O6.CH4/c1-3-35-25(33)13-5-4-12-23(27-20(2)30)24(32)18-21-10-8-17-29(26(21)34)19-22(31)11-9-16-28-14-6-7-15-28;/h5,8,10,13,17,23H,3-4,6-7,9,11-12,14-16,18-19H2,1-2H3,(H,27,30);1H4/b13-5+;/t23-;/m0./s1. The van der Waals surface area contributed by atoms with Gasteiger partial charge < -0.3 is 19.5 Å². The lowest BCUT2D eigenvalue weighted by Gasteiger charge is -2.16. The first-order valence-corrected chi connectivity index (χ1v) is 12.4. The SMILES string of the molecule is C.CCOC(=O)/C=C/CC[C@H](NC(C)=O)C(=O)Cc1cccn(CC(=O)CCCN2CCCC2)c1=O. The predicted octanol–water partition coefficient (Wildman–Crippen LogP) is 2.45. The predicted molar refractivity (Wildman–Crippen MR) is 139 cm³/mol. The van der Waals surface area contributed by atoms with Gasteiger partial charge in [0.15, 0.2) is 11.6 Å². The number of likely N-dealkylation sites (tertiary alicyclic amines) is 1. The minimum absolute atomic E-state index is 0. The van der Waals surface area contributed by atoms with E-state index in [1.807, 2.05) is 0 Å². The van der Waals surface area contributed by atoms with Crippen molar-refractivity contribution in [2.24, 2.45) is 0 Å². The lowest BCUT2D eigenvalue weighted by molar-refractivity contribution is -0.137. The molecule has 1 amide bonds. The van der Waals surface area contributed by atoms with Crippen molar-refractivity contribution < 1.29 is 23.9 Å². The van der Waals surface area contributed by atoms with Crippen LogP contribution in [0.25, 0.3) is 0 Å². The zero-order valence-corrected chi connectivity index (χ0v) is 20.8. The number of nitrogens with zero attached hydrogens (tertiary/aromatic N) is 2. The molecule has 1 N–H and O–H groups in total. The number of nitrogens with one attached hydrogen (secondary N) is 1. The fourth-order valence-electron chi connectivity index (χ4n) is 4.12. The van der Waals surface area contributed by atoms with Gasteiger partial charge in [0, 0.05) is 37.6 Å². The first kappa shape index (κ1) is 31.0. The van der Waals surface area contributed by atoms with Crippen LogP contribution in [0.2, 0.25) is 0 Å². The van der Waals surface area contributed by atoms with Gasteiger partial charge in [-0.1, -0.05) is 19.6 Å². The molecule has 0 unspecified atom stereocenters. The molecule has 0 radical (unpaired) electrons. The van der Waals surface area contributed by atoms with Crippen LogP contribution in [-0.2, 0) is 36.9 Å². The number of hydrogen-bond donors (Lipinski definition) is 1. The van der Waals surface area contributed by atoms with Crippen molar-refractivity contribution in [3.63, 3.8) is 0 Å². The van der Waals surface area contributed by atoms with Crippen molar-refractivity contribution >= 4 is 23.4 Å². The molecule has 200 valence electrons. The van der Waals surface area contributed by atoms with Crippen LogP contribution in [-0.4, -0.2) is 65.2 Å². The highest BCUT2D eigenvalue weighted by Gasteiger charge is 2.21. The van der Waals surface area contributed by atoms with Crippen LogP contribution in [0.5, 0.6) is 0 Å². The maximum atomic E-state index is 12.9. The van der Waals surface area contributed by atoms with Crippen LogP contribution in [0, 0.1) is 0 Å². The Bertz CT molecular complexity index is 963. The summed E-state index contributed by atoms with van der Waals surface area (Å²) in [5.74, 6) is -1.15. The number of ether oxygens (including phenoxy) is 1. The fraction of sp³-hybridized carbons (Fsp3) is 0.593. The second kappa shape index (κ2) is 16.6. The highest BCUT2D eigenvalue weighted by Crippen LogP contribution is 2.09. The minimum Gasteiger partial charge on any atom is -0.463 e. The Hall–Kier alpha value is -3.07. The topological polar surface area (TPSA) is 115 Å². The molecule has 0 aliphatic carbocycles. The molecule has 1 saturated heterocycles. The Labute approximate surface area is 213 Å². The molecule has 1 aromatic heterocycles. The lowest BCUT2D eigenvalue weighted by Crippen LogP contribution is -2.41. The lowest BCUT2D eigenvalue weighted by atomic mass is 10.0. The van der Waals surface area contributed by atoms with E-state index in [0.29, 0.717) is 12.8 Å². The fourth-order valence-corrected chi connectivity index (χ4v) is 4.12. The number of aromatic nitrogens is 1. The van der Waals surface area contributed by atoms with Crippen LogP contribution in [0.15, 0.2) is 35.3 Å². The number of amides is 1. The van der Waals surface area contributed by atoms with Gasteiger partial charge in [-0.3, -0.25) is 19.2 Å². The third-order valence-electron chi connectivity index (χ3n) is 5.87. The molecule has 0 aromatic carbocycles. The van der Waals surface area contributed by atoms with E-state index >= 15 is 0 Å². The maximum Gasteiger partial charge on any atom is 0.330 e. The molecular formula is C27H41N3O6. The second-order valence-electron chi connectivity index (χ2n) is 8.79. The first-order chi connectivity index (χ1) is 16.8. The van der Waals surface area contributed by atoms with Gasteiger partial charge in [-0.25, -0.2) is 4.79 Å². The summed E-state index contributed by atoms with van der Waals surface area (Å²) in [6.45, 7) is 6.36. The molecule has 0 saturated carbocycles. The third kappa shape index (κ3) is 11.1. The van der Waals surface area contributed by atoms with Crippen LogP contribution in [0.3, 0.4) is 0 Å². The summed E-state index contributed by atoms with van der Waals surface area (Å²) >= 11 is 0. The van der Waals surface area contributed by atoms with Crippen LogP contribution in [0.1, 0.15) is 65.4 Å². The molecule has 0 spiro atoms. The van der Waals surface area contributed by atoms with Crippen molar-refractivity contribution in [1.29, 1.82) is 0 Å². The Kier molecular flexibility index (Phi) is 14.3. The van der Waals surface area contributed by atoms with Crippen molar-refractivity contribution in [2.45, 2.75) is 78.8 Å². The summed E-state index contributed by atoms with van der Waals surface area (Å²) in [5, 5.41) is 2.62. The Morgan fingerprint density at radius 3 is 2.58 bits per heavy atom. The van der Waals surface area contributed by atoms with Gasteiger partial charge in [0.25, 0.3) is 5.56 Å². The molecule has 2 heterocycles. The van der Waals surface area contributed by atoms with Crippen molar-refractivity contribution in [3.05, 3.63) is 46.4 Å². The quantitative estimate of drug-likeness (QED) is 0.289. The number of carbonyl (C=O) groups is 4. The molecule has 9 heteroatoms. The Morgan fingerprint density at radius 2 is 1.92 bits per heavy atom.